The molecule has 5 aliphatic rings. The first-order chi connectivity index (χ1) is 17.1. The highest BCUT2D eigenvalue weighted by molar-refractivity contribution is 5.85. The summed E-state index contributed by atoms with van der Waals surface area (Å²) in [4.78, 5) is 37.4. The Hall–Kier alpha value is -2.75. The smallest absolute Gasteiger partial charge is 0.331 e. The van der Waals surface area contributed by atoms with Gasteiger partial charge in [0.15, 0.2) is 0 Å². The number of hydrogen-bond acceptors (Lipinski definition) is 9. The fourth-order valence-corrected chi connectivity index (χ4v) is 6.46. The van der Waals surface area contributed by atoms with Crippen LogP contribution < -0.4 is 0 Å². The fourth-order valence-electron chi connectivity index (χ4n) is 6.46. The lowest BCUT2D eigenvalue weighted by Gasteiger charge is -2.58. The topological polar surface area (TPSA) is 121 Å². The van der Waals surface area contributed by atoms with Crippen molar-refractivity contribution in [1.29, 1.82) is 0 Å². The summed E-state index contributed by atoms with van der Waals surface area (Å²) in [6, 6.07) is 0. The van der Waals surface area contributed by atoms with Crippen LogP contribution in [-0.4, -0.2) is 72.9 Å². The minimum absolute atomic E-state index is 0.0446. The fraction of sp³-hybridized carbons (Fsp3) is 0.593. The molecule has 0 aromatic carbocycles. The molecule has 1 N–H and O–H groups in total. The van der Waals surface area contributed by atoms with Crippen molar-refractivity contribution in [3.8, 4) is 0 Å². The number of carbonyl (C=O) groups excluding carboxylic acids is 3. The SMILES string of the molecule is CC1=C[C@H]2O[C@@H]3C[C@H]4OC(=O)/C=C\C=C\C(=O)OCC/C(C)=C/C(=O)OC[C@@]2(C[C@@H]1O)[C@]4(C)[C@]31CO1. The predicted octanol–water partition coefficient (Wildman–Crippen LogP) is 2.09. The third-order valence-electron chi connectivity index (χ3n) is 8.73. The van der Waals surface area contributed by atoms with E-state index in [2.05, 4.69) is 0 Å². The molecular formula is C27H32O9. The summed E-state index contributed by atoms with van der Waals surface area (Å²) in [6.45, 7) is 6.10. The van der Waals surface area contributed by atoms with E-state index in [9.17, 15) is 19.5 Å². The van der Waals surface area contributed by atoms with Gasteiger partial charge >= 0.3 is 17.9 Å². The Bertz CT molecular complexity index is 1080. The van der Waals surface area contributed by atoms with Gasteiger partial charge in [0.2, 0.25) is 0 Å². The van der Waals surface area contributed by atoms with Crippen LogP contribution in [-0.2, 0) is 38.1 Å². The average Bonchev–Trinajstić information content (AvgIpc) is 3.59. The monoisotopic (exact) mass is 500 g/mol. The Morgan fingerprint density at radius 3 is 2.42 bits per heavy atom. The molecule has 3 fully saturated rings. The van der Waals surface area contributed by atoms with E-state index in [0.29, 0.717) is 25.0 Å². The zero-order valence-electron chi connectivity index (χ0n) is 20.7. The maximum Gasteiger partial charge on any atom is 0.331 e. The Balaban J connectivity index is 1.55. The molecule has 0 radical (unpaired) electrons. The third kappa shape index (κ3) is 3.84. The molecule has 0 aromatic heterocycles. The molecular weight excluding hydrogens is 468 g/mol. The van der Waals surface area contributed by atoms with Gasteiger partial charge in [0, 0.05) is 36.5 Å². The first-order valence-electron chi connectivity index (χ1n) is 12.3. The van der Waals surface area contributed by atoms with Crippen molar-refractivity contribution < 1.29 is 43.2 Å². The van der Waals surface area contributed by atoms with E-state index in [4.69, 9.17) is 23.7 Å². The number of esters is 3. The second-order valence-electron chi connectivity index (χ2n) is 10.6. The van der Waals surface area contributed by atoms with Gasteiger partial charge in [-0.25, -0.2) is 14.4 Å². The minimum atomic E-state index is -0.887. The molecule has 36 heavy (non-hydrogen) atoms. The molecule has 9 nitrogen and oxygen atoms in total. The number of rotatable bonds is 0. The van der Waals surface area contributed by atoms with Crippen molar-refractivity contribution in [3.63, 3.8) is 0 Å². The molecule has 2 bridgehead atoms. The van der Waals surface area contributed by atoms with E-state index in [0.717, 1.165) is 5.57 Å². The van der Waals surface area contributed by atoms with Crippen LogP contribution in [0.1, 0.15) is 40.0 Å². The van der Waals surface area contributed by atoms with Gasteiger partial charge in [0.1, 0.15) is 18.3 Å². The number of aliphatic hydroxyl groups is 1. The van der Waals surface area contributed by atoms with Crippen LogP contribution in [0, 0.1) is 10.8 Å². The number of cyclic esters (lactones) is 2. The quantitative estimate of drug-likeness (QED) is 0.231. The van der Waals surface area contributed by atoms with E-state index in [1.165, 1.54) is 30.4 Å². The van der Waals surface area contributed by atoms with Gasteiger partial charge in [-0.05, 0) is 25.8 Å². The molecule has 5 rings (SSSR count). The predicted molar refractivity (Wildman–Crippen MR) is 125 cm³/mol. The summed E-state index contributed by atoms with van der Waals surface area (Å²) in [5.74, 6) is -1.67. The van der Waals surface area contributed by atoms with Crippen LogP contribution in [0.3, 0.4) is 0 Å². The van der Waals surface area contributed by atoms with Gasteiger partial charge in [0.05, 0.1) is 36.9 Å². The van der Waals surface area contributed by atoms with E-state index < -0.39 is 52.7 Å². The van der Waals surface area contributed by atoms with Gasteiger partial charge in [-0.3, -0.25) is 0 Å². The first-order valence-corrected chi connectivity index (χ1v) is 12.3. The Morgan fingerprint density at radius 1 is 0.972 bits per heavy atom. The molecule has 1 saturated carbocycles. The maximum atomic E-state index is 12.8. The Labute approximate surface area is 209 Å². The number of carbonyl (C=O) groups is 3. The summed E-state index contributed by atoms with van der Waals surface area (Å²) < 4.78 is 29.5. The lowest BCUT2D eigenvalue weighted by atomic mass is 9.51. The standard InChI is InChI=1S/C27H32O9/c1-16-8-9-32-22(29)6-4-5-7-23(30)36-19-12-21-27(15-34-27)25(19,3)26(14-33-24(31)10-16)13-18(28)17(2)11-20(26)35-21/h4-7,10-11,18-21,28H,8-9,12-15H2,1-3H3/b6-4+,7-5-,16-10+/t18-,19+,20+,21+,25+,26+,27-/m0/s1. The molecule has 7 atom stereocenters. The number of aliphatic hydroxyl groups excluding tert-OH is 1. The van der Waals surface area contributed by atoms with Crippen molar-refractivity contribution in [2.75, 3.05) is 19.8 Å². The normalized spacial score (nSPS) is 46.1. The molecule has 0 amide bonds. The van der Waals surface area contributed by atoms with Crippen molar-refractivity contribution in [1.82, 2.24) is 0 Å². The molecule has 0 unspecified atom stereocenters. The second kappa shape index (κ2) is 8.97. The highest BCUT2D eigenvalue weighted by Crippen LogP contribution is 2.72. The number of epoxide rings is 1. The van der Waals surface area contributed by atoms with Gasteiger partial charge in [-0.2, -0.15) is 0 Å². The van der Waals surface area contributed by atoms with Crippen LogP contribution >= 0.6 is 0 Å². The van der Waals surface area contributed by atoms with Crippen LogP contribution in [0.25, 0.3) is 0 Å². The zero-order chi connectivity index (χ0) is 25.7. The number of allylic oxidation sites excluding steroid dienone is 2. The van der Waals surface area contributed by atoms with Crippen molar-refractivity contribution in [3.05, 3.63) is 47.6 Å². The highest BCUT2D eigenvalue weighted by atomic mass is 16.6. The summed E-state index contributed by atoms with van der Waals surface area (Å²) in [5.41, 5.74) is -0.880. The maximum absolute atomic E-state index is 12.8. The lowest BCUT2D eigenvalue weighted by molar-refractivity contribution is -0.238. The van der Waals surface area contributed by atoms with Crippen molar-refractivity contribution in [2.24, 2.45) is 10.8 Å². The first kappa shape index (κ1) is 24.9. The van der Waals surface area contributed by atoms with Crippen LogP contribution in [0.4, 0.5) is 0 Å². The summed E-state index contributed by atoms with van der Waals surface area (Å²) >= 11 is 0. The Kier molecular flexibility index (Phi) is 6.21. The minimum Gasteiger partial charge on any atom is -0.462 e. The zero-order valence-corrected chi connectivity index (χ0v) is 20.7. The molecule has 2 spiro atoms. The van der Waals surface area contributed by atoms with E-state index in [1.807, 2.05) is 19.9 Å². The van der Waals surface area contributed by atoms with Crippen LogP contribution in [0.5, 0.6) is 0 Å². The molecule has 2 saturated heterocycles. The highest BCUT2D eigenvalue weighted by Gasteiger charge is 2.83. The van der Waals surface area contributed by atoms with E-state index in [-0.39, 0.29) is 25.7 Å². The third-order valence-corrected chi connectivity index (χ3v) is 8.73. The van der Waals surface area contributed by atoms with Crippen molar-refractivity contribution in [2.45, 2.75) is 70.1 Å². The molecule has 194 valence electrons. The molecule has 0 aromatic rings. The average molecular weight is 501 g/mol. The molecule has 9 heteroatoms. The molecule has 3 aliphatic heterocycles. The van der Waals surface area contributed by atoms with E-state index in [1.54, 1.807) is 6.92 Å². The molecule has 2 aliphatic carbocycles. The Morgan fingerprint density at radius 2 is 1.69 bits per heavy atom. The van der Waals surface area contributed by atoms with Gasteiger partial charge < -0.3 is 28.8 Å². The van der Waals surface area contributed by atoms with Crippen LogP contribution in [0.15, 0.2) is 47.6 Å². The number of ether oxygens (including phenoxy) is 5. The summed E-state index contributed by atoms with van der Waals surface area (Å²) in [5, 5.41) is 10.9. The summed E-state index contributed by atoms with van der Waals surface area (Å²) in [7, 11) is 0. The largest absolute Gasteiger partial charge is 0.462 e. The van der Waals surface area contributed by atoms with Crippen molar-refractivity contribution >= 4 is 17.9 Å². The summed E-state index contributed by atoms with van der Waals surface area (Å²) in [6.07, 6.45) is 7.53. The van der Waals surface area contributed by atoms with Gasteiger partial charge in [-0.1, -0.05) is 30.7 Å². The second-order valence-corrected chi connectivity index (χ2v) is 10.6. The number of hydrogen-bond donors (Lipinski definition) is 1. The lowest BCUT2D eigenvalue weighted by Crippen LogP contribution is -2.68. The molecule has 3 heterocycles. The van der Waals surface area contributed by atoms with Gasteiger partial charge in [-0.15, -0.1) is 0 Å². The van der Waals surface area contributed by atoms with E-state index >= 15 is 0 Å². The van der Waals surface area contributed by atoms with Crippen LogP contribution in [0.2, 0.25) is 0 Å². The van der Waals surface area contributed by atoms with Gasteiger partial charge in [0.25, 0.3) is 0 Å².